The molecule has 0 fully saturated rings. The van der Waals surface area contributed by atoms with Crippen molar-refractivity contribution in [3.8, 4) is 11.4 Å². The maximum atomic E-state index is 5.59. The van der Waals surface area contributed by atoms with Gasteiger partial charge in [0.1, 0.15) is 5.82 Å². The molecule has 0 unspecified atom stereocenters. The van der Waals surface area contributed by atoms with Crippen LogP contribution in [0.4, 0.5) is 0 Å². The first-order valence-corrected chi connectivity index (χ1v) is 5.74. The Hall–Kier alpha value is -2.27. The summed E-state index contributed by atoms with van der Waals surface area (Å²) in [7, 11) is 0. The molecule has 0 atom stereocenters. The number of aryl methyl sites for hydroxylation is 1. The van der Waals surface area contributed by atoms with E-state index in [0.717, 1.165) is 33.8 Å². The molecule has 3 aromatic heterocycles. The zero-order valence-electron chi connectivity index (χ0n) is 10.0. The molecule has 0 aliphatic heterocycles. The number of nitrogens with one attached hydrogen (secondary N) is 1. The molecule has 3 rings (SSSR count). The zero-order valence-corrected chi connectivity index (χ0v) is 10.0. The molecule has 3 heterocycles. The second-order valence-corrected chi connectivity index (χ2v) is 4.15. The molecule has 0 aliphatic rings. The molecule has 0 aromatic carbocycles. The summed E-state index contributed by atoms with van der Waals surface area (Å²) in [5, 5.41) is 0. The van der Waals surface area contributed by atoms with Crippen LogP contribution in [0.1, 0.15) is 11.3 Å². The zero-order chi connectivity index (χ0) is 12.5. The van der Waals surface area contributed by atoms with Crippen LogP contribution in [0.5, 0.6) is 0 Å². The minimum atomic E-state index is 0.422. The molecule has 0 spiro atoms. The number of hydrogen-bond donors (Lipinski definition) is 2. The highest BCUT2D eigenvalue weighted by Crippen LogP contribution is 2.21. The quantitative estimate of drug-likeness (QED) is 0.714. The topological polar surface area (TPSA) is 80.5 Å². The van der Waals surface area contributed by atoms with Gasteiger partial charge in [-0.1, -0.05) is 0 Å². The monoisotopic (exact) mass is 239 g/mol. The third-order valence-electron chi connectivity index (χ3n) is 2.90. The highest BCUT2D eigenvalue weighted by atomic mass is 15.0. The SMILES string of the molecule is Cc1ccnc2nc(-c3ccnc(CN)c3)[nH]c12. The molecule has 3 aromatic rings. The predicted molar refractivity (Wildman–Crippen MR) is 69.7 cm³/mol. The first-order chi connectivity index (χ1) is 8.78. The summed E-state index contributed by atoms with van der Waals surface area (Å²) < 4.78 is 0. The van der Waals surface area contributed by atoms with Gasteiger partial charge >= 0.3 is 0 Å². The van der Waals surface area contributed by atoms with Gasteiger partial charge in [-0.25, -0.2) is 9.97 Å². The van der Waals surface area contributed by atoms with E-state index in [9.17, 15) is 0 Å². The first-order valence-electron chi connectivity index (χ1n) is 5.74. The van der Waals surface area contributed by atoms with E-state index in [0.29, 0.717) is 6.54 Å². The molecule has 18 heavy (non-hydrogen) atoms. The normalized spacial score (nSPS) is 11.0. The van der Waals surface area contributed by atoms with E-state index in [2.05, 4.69) is 19.9 Å². The number of aromatic amines is 1. The largest absolute Gasteiger partial charge is 0.336 e. The molecule has 0 radical (unpaired) electrons. The Kier molecular flexibility index (Phi) is 2.53. The number of H-pyrrole nitrogens is 1. The van der Waals surface area contributed by atoms with Gasteiger partial charge < -0.3 is 10.7 Å². The maximum absolute atomic E-state index is 5.59. The Morgan fingerprint density at radius 1 is 1.22 bits per heavy atom. The summed E-state index contributed by atoms with van der Waals surface area (Å²) >= 11 is 0. The van der Waals surface area contributed by atoms with Crippen molar-refractivity contribution in [3.63, 3.8) is 0 Å². The number of pyridine rings is 2. The maximum Gasteiger partial charge on any atom is 0.178 e. The summed E-state index contributed by atoms with van der Waals surface area (Å²) in [6, 6.07) is 5.81. The van der Waals surface area contributed by atoms with Crippen LogP contribution in [0.25, 0.3) is 22.6 Å². The number of fused-ring (bicyclic) bond motifs is 1. The van der Waals surface area contributed by atoms with Gasteiger partial charge in [0.15, 0.2) is 5.65 Å². The average molecular weight is 239 g/mol. The molecule has 0 aliphatic carbocycles. The molecule has 5 heteroatoms. The molecule has 3 N–H and O–H groups in total. The minimum absolute atomic E-state index is 0.422. The van der Waals surface area contributed by atoms with Crippen LogP contribution in [0.15, 0.2) is 30.6 Å². The fourth-order valence-electron chi connectivity index (χ4n) is 1.91. The average Bonchev–Trinajstić information content (AvgIpc) is 2.84. The molecule has 0 saturated carbocycles. The van der Waals surface area contributed by atoms with Gasteiger partial charge in [0, 0.05) is 24.5 Å². The van der Waals surface area contributed by atoms with E-state index < -0.39 is 0 Å². The van der Waals surface area contributed by atoms with Gasteiger partial charge in [0.25, 0.3) is 0 Å². The van der Waals surface area contributed by atoms with Gasteiger partial charge in [-0.15, -0.1) is 0 Å². The molecular weight excluding hydrogens is 226 g/mol. The van der Waals surface area contributed by atoms with Crippen LogP contribution >= 0.6 is 0 Å². The Morgan fingerprint density at radius 3 is 2.83 bits per heavy atom. The summed E-state index contributed by atoms with van der Waals surface area (Å²) in [6.45, 7) is 2.45. The molecule has 90 valence electrons. The highest BCUT2D eigenvalue weighted by molar-refractivity contribution is 5.78. The Morgan fingerprint density at radius 2 is 2.06 bits per heavy atom. The molecular formula is C13H13N5. The van der Waals surface area contributed by atoms with Crippen LogP contribution < -0.4 is 5.73 Å². The smallest absolute Gasteiger partial charge is 0.178 e. The van der Waals surface area contributed by atoms with Gasteiger partial charge in [0.05, 0.1) is 11.2 Å². The lowest BCUT2D eigenvalue weighted by molar-refractivity contribution is 0.990. The van der Waals surface area contributed by atoms with Crippen molar-refractivity contribution in [2.45, 2.75) is 13.5 Å². The second kappa shape index (κ2) is 4.19. The van der Waals surface area contributed by atoms with E-state index >= 15 is 0 Å². The standard InChI is InChI=1S/C13H13N5/c1-8-2-4-16-13-11(8)17-12(18-13)9-3-5-15-10(6-9)7-14/h2-6H,7,14H2,1H3,(H,16,17,18). The lowest BCUT2D eigenvalue weighted by Crippen LogP contribution is -1.99. The van der Waals surface area contributed by atoms with E-state index in [1.807, 2.05) is 25.1 Å². The van der Waals surface area contributed by atoms with Crippen molar-refractivity contribution in [2.75, 3.05) is 0 Å². The van der Waals surface area contributed by atoms with Crippen molar-refractivity contribution in [2.24, 2.45) is 5.73 Å². The van der Waals surface area contributed by atoms with E-state index in [-0.39, 0.29) is 0 Å². The fraction of sp³-hybridized carbons (Fsp3) is 0.154. The number of imidazole rings is 1. The van der Waals surface area contributed by atoms with Crippen molar-refractivity contribution >= 4 is 11.2 Å². The van der Waals surface area contributed by atoms with E-state index in [1.54, 1.807) is 12.4 Å². The summed E-state index contributed by atoms with van der Waals surface area (Å²) in [5.41, 5.74) is 10.2. The molecule has 0 bridgehead atoms. The highest BCUT2D eigenvalue weighted by Gasteiger charge is 2.08. The van der Waals surface area contributed by atoms with Crippen molar-refractivity contribution in [3.05, 3.63) is 41.9 Å². The van der Waals surface area contributed by atoms with E-state index in [1.165, 1.54) is 0 Å². The fourth-order valence-corrected chi connectivity index (χ4v) is 1.91. The van der Waals surface area contributed by atoms with Gasteiger partial charge in [-0.05, 0) is 30.7 Å². The summed E-state index contributed by atoms with van der Waals surface area (Å²) in [4.78, 5) is 16.2. The Bertz CT molecular complexity index is 701. The van der Waals surface area contributed by atoms with Crippen LogP contribution in [-0.2, 0) is 6.54 Å². The van der Waals surface area contributed by atoms with Crippen LogP contribution in [0.2, 0.25) is 0 Å². The molecule has 5 nitrogen and oxygen atoms in total. The van der Waals surface area contributed by atoms with E-state index in [4.69, 9.17) is 5.73 Å². The third-order valence-corrected chi connectivity index (χ3v) is 2.90. The summed E-state index contributed by atoms with van der Waals surface area (Å²) in [6.07, 6.45) is 3.51. The van der Waals surface area contributed by atoms with Gasteiger partial charge in [0.2, 0.25) is 0 Å². The van der Waals surface area contributed by atoms with Crippen LogP contribution in [0, 0.1) is 6.92 Å². The van der Waals surface area contributed by atoms with Crippen molar-refractivity contribution in [1.82, 2.24) is 19.9 Å². The number of rotatable bonds is 2. The number of hydrogen-bond acceptors (Lipinski definition) is 4. The Balaban J connectivity index is 2.16. The second-order valence-electron chi connectivity index (χ2n) is 4.15. The minimum Gasteiger partial charge on any atom is -0.336 e. The first kappa shape index (κ1) is 10.9. The summed E-state index contributed by atoms with van der Waals surface area (Å²) in [5.74, 6) is 0.795. The number of aromatic nitrogens is 4. The molecule has 0 saturated heterocycles. The van der Waals surface area contributed by atoms with Crippen LogP contribution in [0.3, 0.4) is 0 Å². The van der Waals surface area contributed by atoms with Crippen LogP contribution in [-0.4, -0.2) is 19.9 Å². The third kappa shape index (κ3) is 1.74. The van der Waals surface area contributed by atoms with Gasteiger partial charge in [-0.2, -0.15) is 0 Å². The lowest BCUT2D eigenvalue weighted by Gasteiger charge is -1.99. The van der Waals surface area contributed by atoms with Crippen molar-refractivity contribution in [1.29, 1.82) is 0 Å². The number of nitrogens with zero attached hydrogens (tertiary/aromatic N) is 3. The molecule has 0 amide bonds. The number of nitrogens with two attached hydrogens (primary N) is 1. The van der Waals surface area contributed by atoms with Gasteiger partial charge in [-0.3, -0.25) is 4.98 Å². The Labute approximate surface area is 104 Å². The van der Waals surface area contributed by atoms with Crippen molar-refractivity contribution < 1.29 is 0 Å². The lowest BCUT2D eigenvalue weighted by atomic mass is 10.2. The predicted octanol–water partition coefficient (Wildman–Crippen LogP) is 1.79.